The van der Waals surface area contributed by atoms with E-state index in [4.69, 9.17) is 0 Å². The van der Waals surface area contributed by atoms with E-state index in [1.54, 1.807) is 6.07 Å². The Kier molecular flexibility index (Phi) is 4.10. The van der Waals surface area contributed by atoms with Gasteiger partial charge in [-0.25, -0.2) is 13.1 Å². The number of aryl methyl sites for hydroxylation is 1. The molecule has 0 saturated carbocycles. The van der Waals surface area contributed by atoms with Crippen LogP contribution in [-0.4, -0.2) is 26.9 Å². The highest BCUT2D eigenvalue weighted by Crippen LogP contribution is 2.30. The van der Waals surface area contributed by atoms with Crippen LogP contribution in [-0.2, 0) is 14.8 Å². The predicted octanol–water partition coefficient (Wildman–Crippen LogP) is 1.38. The molecule has 2 N–H and O–H groups in total. The maximum Gasteiger partial charge on any atom is 0.250 e. The van der Waals surface area contributed by atoms with Crippen molar-refractivity contribution < 1.29 is 13.2 Å². The van der Waals surface area contributed by atoms with E-state index in [1.807, 2.05) is 6.92 Å². The van der Waals surface area contributed by atoms with Crippen molar-refractivity contribution in [1.82, 2.24) is 10.0 Å². The van der Waals surface area contributed by atoms with Crippen molar-refractivity contribution in [2.24, 2.45) is 0 Å². The summed E-state index contributed by atoms with van der Waals surface area (Å²) in [5, 5.41) is 2.65. The van der Waals surface area contributed by atoms with Gasteiger partial charge in [-0.05, 0) is 40.9 Å². The van der Waals surface area contributed by atoms with Crippen molar-refractivity contribution in [1.29, 1.82) is 0 Å². The molecule has 1 aromatic rings. The van der Waals surface area contributed by atoms with E-state index >= 15 is 0 Å². The highest BCUT2D eigenvalue weighted by molar-refractivity contribution is 9.11. The normalized spacial score (nSPS) is 20.8. The average molecular weight is 353 g/mol. The third-order valence-corrected chi connectivity index (χ3v) is 6.82. The zero-order valence-corrected chi connectivity index (χ0v) is 12.9. The van der Waals surface area contributed by atoms with Gasteiger partial charge in [-0.1, -0.05) is 0 Å². The molecular formula is C10H13BrN2O3S2. The second kappa shape index (κ2) is 5.28. The molecule has 0 spiro atoms. The van der Waals surface area contributed by atoms with Crippen LogP contribution < -0.4 is 10.0 Å². The number of sulfonamides is 1. The number of hydrogen-bond donors (Lipinski definition) is 2. The summed E-state index contributed by atoms with van der Waals surface area (Å²) >= 11 is 4.50. The molecule has 100 valence electrons. The van der Waals surface area contributed by atoms with E-state index < -0.39 is 10.0 Å². The first-order chi connectivity index (χ1) is 8.38. The van der Waals surface area contributed by atoms with E-state index in [-0.39, 0.29) is 11.9 Å². The van der Waals surface area contributed by atoms with Crippen molar-refractivity contribution in [2.45, 2.75) is 30.0 Å². The van der Waals surface area contributed by atoms with Crippen LogP contribution in [0.5, 0.6) is 0 Å². The summed E-state index contributed by atoms with van der Waals surface area (Å²) in [5.41, 5.74) is 0.900. The van der Waals surface area contributed by atoms with Gasteiger partial charge in [0.05, 0.1) is 3.79 Å². The summed E-state index contributed by atoms with van der Waals surface area (Å²) in [6, 6.07) is 1.41. The Bertz CT molecular complexity index is 538. The smallest absolute Gasteiger partial charge is 0.250 e. The Hall–Kier alpha value is -0.440. The van der Waals surface area contributed by atoms with Crippen molar-refractivity contribution in [3.05, 3.63) is 15.4 Å². The number of carbonyl (C=O) groups excluding carboxylic acids is 1. The largest absolute Gasteiger partial charge is 0.355 e. The molecular weight excluding hydrogens is 340 g/mol. The first-order valence-electron chi connectivity index (χ1n) is 5.43. The Balaban J connectivity index is 2.10. The highest BCUT2D eigenvalue weighted by Gasteiger charge is 2.25. The molecule has 1 aromatic heterocycles. The predicted molar refractivity (Wildman–Crippen MR) is 73.1 cm³/mol. The van der Waals surface area contributed by atoms with Crippen LogP contribution >= 0.6 is 27.3 Å². The van der Waals surface area contributed by atoms with Crippen molar-refractivity contribution in [2.75, 3.05) is 6.54 Å². The molecule has 0 bridgehead atoms. The standard InChI is InChI=1S/C10H13BrN2O3S2/c1-6-4-9(17-10(6)11)18(15,16)13-7-2-3-8(14)12-5-7/h4,7,13H,2-3,5H2,1H3,(H,12,14). The molecule has 2 heterocycles. The molecule has 2 rings (SSSR count). The Morgan fingerprint density at radius 1 is 1.56 bits per heavy atom. The summed E-state index contributed by atoms with van der Waals surface area (Å²) in [7, 11) is -3.49. The minimum absolute atomic E-state index is 0.0276. The number of hydrogen-bond acceptors (Lipinski definition) is 4. The first kappa shape index (κ1) is 14.0. The van der Waals surface area contributed by atoms with Crippen LogP contribution in [0.25, 0.3) is 0 Å². The molecule has 0 aromatic carbocycles. The number of carbonyl (C=O) groups is 1. The van der Waals surface area contributed by atoms with Gasteiger partial charge in [0.2, 0.25) is 15.9 Å². The number of piperidine rings is 1. The zero-order valence-electron chi connectivity index (χ0n) is 9.70. The molecule has 8 heteroatoms. The first-order valence-corrected chi connectivity index (χ1v) is 8.53. The van der Waals surface area contributed by atoms with Gasteiger partial charge in [0, 0.05) is 19.0 Å². The number of halogens is 1. The molecule has 1 amide bonds. The second-order valence-corrected chi connectivity index (χ2v) is 8.49. The molecule has 0 aliphatic carbocycles. The topological polar surface area (TPSA) is 75.3 Å². The summed E-state index contributed by atoms with van der Waals surface area (Å²) < 4.78 is 28.0. The van der Waals surface area contributed by atoms with E-state index in [9.17, 15) is 13.2 Å². The second-order valence-electron chi connectivity index (χ2n) is 4.18. The fraction of sp³-hybridized carbons (Fsp3) is 0.500. The number of nitrogens with one attached hydrogen (secondary N) is 2. The molecule has 1 aliphatic heterocycles. The van der Waals surface area contributed by atoms with Crippen molar-refractivity contribution >= 4 is 43.2 Å². The SMILES string of the molecule is Cc1cc(S(=O)(=O)NC2CCC(=O)NC2)sc1Br. The van der Waals surface area contributed by atoms with Crippen molar-refractivity contribution in [3.8, 4) is 0 Å². The van der Waals surface area contributed by atoms with Gasteiger partial charge in [-0.2, -0.15) is 0 Å². The van der Waals surface area contributed by atoms with Crippen LogP contribution in [0, 0.1) is 6.92 Å². The monoisotopic (exact) mass is 352 g/mol. The third-order valence-electron chi connectivity index (χ3n) is 2.69. The lowest BCUT2D eigenvalue weighted by molar-refractivity contribution is -0.122. The Morgan fingerprint density at radius 3 is 2.78 bits per heavy atom. The zero-order chi connectivity index (χ0) is 13.3. The van der Waals surface area contributed by atoms with Crippen LogP contribution in [0.1, 0.15) is 18.4 Å². The Morgan fingerprint density at radius 2 is 2.28 bits per heavy atom. The molecule has 5 nitrogen and oxygen atoms in total. The van der Waals surface area contributed by atoms with Gasteiger partial charge in [-0.3, -0.25) is 4.79 Å². The third kappa shape index (κ3) is 3.11. The molecule has 1 aliphatic rings. The van der Waals surface area contributed by atoms with Gasteiger partial charge in [0.15, 0.2) is 0 Å². The van der Waals surface area contributed by atoms with E-state index in [2.05, 4.69) is 26.0 Å². The molecule has 1 unspecified atom stereocenters. The van der Waals surface area contributed by atoms with Gasteiger partial charge < -0.3 is 5.32 Å². The molecule has 1 fully saturated rings. The minimum Gasteiger partial charge on any atom is -0.355 e. The van der Waals surface area contributed by atoms with Crippen LogP contribution in [0.2, 0.25) is 0 Å². The molecule has 18 heavy (non-hydrogen) atoms. The minimum atomic E-state index is -3.49. The lowest BCUT2D eigenvalue weighted by Crippen LogP contribution is -2.47. The summed E-state index contributed by atoms with van der Waals surface area (Å²) in [5.74, 6) is -0.0276. The highest BCUT2D eigenvalue weighted by atomic mass is 79.9. The lowest BCUT2D eigenvalue weighted by Gasteiger charge is -2.22. The summed E-state index contributed by atoms with van der Waals surface area (Å²) in [6.07, 6.45) is 0.900. The van der Waals surface area contributed by atoms with E-state index in [1.165, 1.54) is 11.3 Å². The number of amides is 1. The quantitative estimate of drug-likeness (QED) is 0.862. The van der Waals surface area contributed by atoms with Gasteiger partial charge >= 0.3 is 0 Å². The number of rotatable bonds is 3. The van der Waals surface area contributed by atoms with E-state index in [0.717, 1.165) is 9.35 Å². The van der Waals surface area contributed by atoms with Gasteiger partial charge in [0.25, 0.3) is 0 Å². The summed E-state index contributed by atoms with van der Waals surface area (Å²) in [4.78, 5) is 11.0. The van der Waals surface area contributed by atoms with Crippen molar-refractivity contribution in [3.63, 3.8) is 0 Å². The molecule has 0 radical (unpaired) electrons. The van der Waals surface area contributed by atoms with Gasteiger partial charge in [0.1, 0.15) is 4.21 Å². The lowest BCUT2D eigenvalue weighted by atomic mass is 10.1. The molecule has 1 saturated heterocycles. The van der Waals surface area contributed by atoms with E-state index in [0.29, 0.717) is 23.6 Å². The Labute approximate surface area is 118 Å². The van der Waals surface area contributed by atoms with Crippen LogP contribution in [0.15, 0.2) is 14.1 Å². The molecule has 1 atom stereocenters. The maximum absolute atomic E-state index is 12.1. The fourth-order valence-corrected chi connectivity index (χ4v) is 5.19. The summed E-state index contributed by atoms with van der Waals surface area (Å²) in [6.45, 7) is 2.20. The average Bonchev–Trinajstić information content (AvgIpc) is 2.63. The number of thiophene rings is 1. The fourth-order valence-electron chi connectivity index (χ4n) is 1.68. The van der Waals surface area contributed by atoms with Gasteiger partial charge in [-0.15, -0.1) is 11.3 Å². The van der Waals surface area contributed by atoms with Crippen LogP contribution in [0.3, 0.4) is 0 Å². The van der Waals surface area contributed by atoms with Crippen LogP contribution in [0.4, 0.5) is 0 Å². The maximum atomic E-state index is 12.1.